The second-order valence-electron chi connectivity index (χ2n) is 3.28. The van der Waals surface area contributed by atoms with Crippen LogP contribution in [-0.4, -0.2) is 8.42 Å². The third-order valence-electron chi connectivity index (χ3n) is 1.87. The lowest BCUT2D eigenvalue weighted by molar-refractivity contribution is 0.609. The topological polar surface area (TPSA) is 34.1 Å². The number of halogens is 2. The van der Waals surface area contributed by atoms with Crippen LogP contribution in [-0.2, 0) is 9.05 Å². The summed E-state index contributed by atoms with van der Waals surface area (Å²) < 4.78 is 22.1. The average molecular weight is 253 g/mol. The molecule has 5 heteroatoms. The minimum absolute atomic E-state index is 0.0901. The van der Waals surface area contributed by atoms with Crippen LogP contribution in [0.3, 0.4) is 0 Å². The maximum atomic E-state index is 11.0. The molecule has 78 valence electrons. The van der Waals surface area contributed by atoms with Crippen molar-refractivity contribution >= 4 is 31.3 Å². The van der Waals surface area contributed by atoms with Gasteiger partial charge < -0.3 is 0 Å². The van der Waals surface area contributed by atoms with Gasteiger partial charge in [-0.05, 0) is 29.7 Å². The fourth-order valence-electron chi connectivity index (χ4n) is 1.12. The molecule has 0 spiro atoms. The van der Waals surface area contributed by atoms with Crippen molar-refractivity contribution in [2.24, 2.45) is 0 Å². The van der Waals surface area contributed by atoms with E-state index in [2.05, 4.69) is 0 Å². The predicted molar refractivity (Wildman–Crippen MR) is 58.6 cm³/mol. The number of rotatable bonds is 2. The molecule has 14 heavy (non-hydrogen) atoms. The molecule has 0 atom stereocenters. The van der Waals surface area contributed by atoms with Crippen LogP contribution in [0.15, 0.2) is 23.1 Å². The molecule has 1 aromatic carbocycles. The minimum Gasteiger partial charge on any atom is -0.207 e. The van der Waals surface area contributed by atoms with Crippen molar-refractivity contribution in [2.75, 3.05) is 0 Å². The van der Waals surface area contributed by atoms with Crippen molar-refractivity contribution in [2.45, 2.75) is 24.7 Å². The average Bonchev–Trinajstić information content (AvgIpc) is 2.02. The first kappa shape index (κ1) is 11.8. The van der Waals surface area contributed by atoms with Crippen molar-refractivity contribution in [3.8, 4) is 0 Å². The molecule has 0 heterocycles. The first-order valence-corrected chi connectivity index (χ1v) is 6.75. The van der Waals surface area contributed by atoms with E-state index >= 15 is 0 Å². The van der Waals surface area contributed by atoms with E-state index in [0.29, 0.717) is 5.02 Å². The molecule has 1 aromatic rings. The SMILES string of the molecule is CC(C)c1cc(S(=O)(=O)Cl)ccc1Cl. The first-order valence-electron chi connectivity index (χ1n) is 4.06. The first-order chi connectivity index (χ1) is 6.32. The largest absolute Gasteiger partial charge is 0.261 e. The fraction of sp³-hybridized carbons (Fsp3) is 0.333. The third-order valence-corrected chi connectivity index (χ3v) is 3.57. The molecule has 1 rings (SSSR count). The maximum Gasteiger partial charge on any atom is 0.261 e. The van der Waals surface area contributed by atoms with Gasteiger partial charge in [0.05, 0.1) is 4.90 Å². The summed E-state index contributed by atoms with van der Waals surface area (Å²) in [5.41, 5.74) is 0.786. The lowest BCUT2D eigenvalue weighted by Crippen LogP contribution is -1.95. The van der Waals surface area contributed by atoms with Gasteiger partial charge in [-0.15, -0.1) is 0 Å². The van der Waals surface area contributed by atoms with Crippen molar-refractivity contribution < 1.29 is 8.42 Å². The van der Waals surface area contributed by atoms with Gasteiger partial charge in [-0.3, -0.25) is 0 Å². The van der Waals surface area contributed by atoms with Crippen molar-refractivity contribution in [3.63, 3.8) is 0 Å². The number of hydrogen-bond acceptors (Lipinski definition) is 2. The molecule has 0 N–H and O–H groups in total. The minimum atomic E-state index is -3.66. The highest BCUT2D eigenvalue weighted by Crippen LogP contribution is 2.28. The van der Waals surface area contributed by atoms with Gasteiger partial charge in [0.25, 0.3) is 9.05 Å². The molecule has 0 radical (unpaired) electrons. The van der Waals surface area contributed by atoms with Gasteiger partial charge in [0.1, 0.15) is 0 Å². The zero-order chi connectivity index (χ0) is 10.9. The summed E-state index contributed by atoms with van der Waals surface area (Å²) in [7, 11) is 1.55. The van der Waals surface area contributed by atoms with Crippen LogP contribution < -0.4 is 0 Å². The van der Waals surface area contributed by atoms with Crippen LogP contribution in [0.2, 0.25) is 5.02 Å². The van der Waals surface area contributed by atoms with Gasteiger partial charge >= 0.3 is 0 Å². The third kappa shape index (κ3) is 2.62. The zero-order valence-electron chi connectivity index (χ0n) is 7.79. The van der Waals surface area contributed by atoms with Crippen LogP contribution in [0.25, 0.3) is 0 Å². The Labute approximate surface area is 93.3 Å². The summed E-state index contributed by atoms with van der Waals surface area (Å²) in [5.74, 6) is 0.167. The van der Waals surface area contributed by atoms with Gasteiger partial charge in [-0.2, -0.15) is 0 Å². The Bertz CT molecular complexity index is 438. The molecule has 2 nitrogen and oxygen atoms in total. The molecule has 0 fully saturated rings. The highest BCUT2D eigenvalue weighted by molar-refractivity contribution is 8.13. The Morgan fingerprint density at radius 1 is 1.29 bits per heavy atom. The number of benzene rings is 1. The van der Waals surface area contributed by atoms with E-state index in [1.54, 1.807) is 6.07 Å². The molecule has 0 aromatic heterocycles. The van der Waals surface area contributed by atoms with Gasteiger partial charge in [-0.1, -0.05) is 25.4 Å². The van der Waals surface area contributed by atoms with E-state index in [0.717, 1.165) is 5.56 Å². The highest BCUT2D eigenvalue weighted by atomic mass is 35.7. The lowest BCUT2D eigenvalue weighted by Gasteiger charge is -2.08. The van der Waals surface area contributed by atoms with E-state index in [1.165, 1.54) is 12.1 Å². The Balaban J connectivity index is 3.34. The van der Waals surface area contributed by atoms with Gasteiger partial charge in [-0.25, -0.2) is 8.42 Å². The molecule has 0 saturated heterocycles. The molecule has 0 amide bonds. The highest BCUT2D eigenvalue weighted by Gasteiger charge is 2.13. The van der Waals surface area contributed by atoms with E-state index < -0.39 is 9.05 Å². The summed E-state index contributed by atoms with van der Waals surface area (Å²) in [6.07, 6.45) is 0. The van der Waals surface area contributed by atoms with E-state index in [9.17, 15) is 8.42 Å². The van der Waals surface area contributed by atoms with Crippen LogP contribution in [0.5, 0.6) is 0 Å². The van der Waals surface area contributed by atoms with Crippen LogP contribution in [0.1, 0.15) is 25.3 Å². The quantitative estimate of drug-likeness (QED) is 0.757. The number of hydrogen-bond donors (Lipinski definition) is 0. The molecule has 0 aliphatic carbocycles. The van der Waals surface area contributed by atoms with E-state index in [4.69, 9.17) is 22.3 Å². The second-order valence-corrected chi connectivity index (χ2v) is 6.25. The normalized spacial score (nSPS) is 12.1. The standard InChI is InChI=1S/C9H10Cl2O2S/c1-6(2)8-5-7(14(11,12)13)3-4-9(8)10/h3-6H,1-2H3. The molecule has 0 unspecified atom stereocenters. The zero-order valence-corrected chi connectivity index (χ0v) is 10.1. The van der Waals surface area contributed by atoms with Crippen molar-refractivity contribution in [3.05, 3.63) is 28.8 Å². The monoisotopic (exact) mass is 252 g/mol. The molecule has 0 aliphatic heterocycles. The van der Waals surface area contributed by atoms with Gasteiger partial charge in [0.15, 0.2) is 0 Å². The fourth-order valence-corrected chi connectivity index (χ4v) is 2.24. The smallest absolute Gasteiger partial charge is 0.207 e. The molecule has 0 bridgehead atoms. The van der Waals surface area contributed by atoms with Crippen molar-refractivity contribution in [1.82, 2.24) is 0 Å². The van der Waals surface area contributed by atoms with E-state index in [1.807, 2.05) is 13.8 Å². The Hall–Kier alpha value is -0.250. The second kappa shape index (κ2) is 4.09. The van der Waals surface area contributed by atoms with Gasteiger partial charge in [0.2, 0.25) is 0 Å². The van der Waals surface area contributed by atoms with Gasteiger partial charge in [0, 0.05) is 15.7 Å². The Morgan fingerprint density at radius 3 is 2.29 bits per heavy atom. The summed E-state index contributed by atoms with van der Waals surface area (Å²) >= 11 is 5.90. The van der Waals surface area contributed by atoms with Crippen LogP contribution >= 0.6 is 22.3 Å². The molecule has 0 aliphatic rings. The van der Waals surface area contributed by atoms with Crippen molar-refractivity contribution in [1.29, 1.82) is 0 Å². The summed E-state index contributed by atoms with van der Waals surface area (Å²) in [5, 5.41) is 0.559. The predicted octanol–water partition coefficient (Wildman–Crippen LogP) is 3.39. The summed E-state index contributed by atoms with van der Waals surface area (Å²) in [4.78, 5) is 0.0901. The van der Waals surface area contributed by atoms with E-state index in [-0.39, 0.29) is 10.8 Å². The molecule has 0 saturated carbocycles. The molecular weight excluding hydrogens is 243 g/mol. The Kier molecular flexibility index (Phi) is 3.45. The van der Waals surface area contributed by atoms with Crippen LogP contribution in [0, 0.1) is 0 Å². The lowest BCUT2D eigenvalue weighted by atomic mass is 10.0. The Morgan fingerprint density at radius 2 is 1.86 bits per heavy atom. The summed E-state index contributed by atoms with van der Waals surface area (Å²) in [6.45, 7) is 3.87. The molecular formula is C9H10Cl2O2S. The van der Waals surface area contributed by atoms with Crippen LogP contribution in [0.4, 0.5) is 0 Å². The maximum absolute atomic E-state index is 11.0. The summed E-state index contributed by atoms with van der Waals surface area (Å²) in [6, 6.07) is 4.46.